The van der Waals surface area contributed by atoms with Crippen molar-refractivity contribution in [2.75, 3.05) is 23.7 Å². The Kier molecular flexibility index (Phi) is 5.52. The molecule has 1 fully saturated rings. The maximum Gasteiger partial charge on any atom is 0.323 e. The number of urea groups is 1. The lowest BCUT2D eigenvalue weighted by atomic mass is 10.2. The van der Waals surface area contributed by atoms with E-state index < -0.39 is 21.9 Å². The first kappa shape index (κ1) is 19.4. The van der Waals surface area contributed by atoms with E-state index in [0.717, 1.165) is 19.3 Å². The van der Waals surface area contributed by atoms with Crippen molar-refractivity contribution in [1.29, 1.82) is 0 Å². The number of furan rings is 1. The minimum atomic E-state index is -3.72. The minimum Gasteiger partial charge on any atom is -0.446 e. The Balaban J connectivity index is 1.72. The molecule has 1 saturated heterocycles. The van der Waals surface area contributed by atoms with E-state index in [1.54, 1.807) is 26.0 Å². The summed E-state index contributed by atoms with van der Waals surface area (Å²) in [6, 6.07) is 5.02. The highest BCUT2D eigenvalue weighted by atomic mass is 32.2. The molecule has 0 radical (unpaired) electrons. The van der Waals surface area contributed by atoms with Crippen molar-refractivity contribution >= 4 is 27.4 Å². The molecular weight excluding hydrogens is 373 g/mol. The Morgan fingerprint density at radius 1 is 1.11 bits per heavy atom. The monoisotopic (exact) mass is 395 g/mol. The number of carbonyl (C=O) groups excluding carboxylic acids is 1. The Bertz CT molecular complexity index is 950. The van der Waals surface area contributed by atoms with E-state index in [2.05, 4.69) is 10.6 Å². The van der Waals surface area contributed by atoms with Gasteiger partial charge in [0, 0.05) is 24.8 Å². The summed E-state index contributed by atoms with van der Waals surface area (Å²) in [4.78, 5) is 12.1. The van der Waals surface area contributed by atoms with Crippen LogP contribution >= 0.6 is 0 Å². The second kappa shape index (κ2) is 7.69. The van der Waals surface area contributed by atoms with Gasteiger partial charge in [0.15, 0.2) is 0 Å². The molecule has 7 nitrogen and oxygen atoms in total. The van der Waals surface area contributed by atoms with E-state index in [-0.39, 0.29) is 22.2 Å². The van der Waals surface area contributed by atoms with Gasteiger partial charge < -0.3 is 15.1 Å². The van der Waals surface area contributed by atoms with Gasteiger partial charge in [-0.3, -0.25) is 0 Å². The topological polar surface area (TPSA) is 91.7 Å². The van der Waals surface area contributed by atoms with Crippen molar-refractivity contribution in [3.05, 3.63) is 41.4 Å². The van der Waals surface area contributed by atoms with Crippen LogP contribution in [0.3, 0.4) is 0 Å². The zero-order valence-corrected chi connectivity index (χ0v) is 16.0. The van der Waals surface area contributed by atoms with Crippen molar-refractivity contribution in [2.45, 2.75) is 38.2 Å². The van der Waals surface area contributed by atoms with Crippen LogP contribution in [0.15, 0.2) is 33.8 Å². The summed E-state index contributed by atoms with van der Waals surface area (Å²) in [6.45, 7) is 4.11. The molecule has 0 bridgehead atoms. The Morgan fingerprint density at radius 3 is 2.48 bits per heavy atom. The SMILES string of the molecule is Cc1ccc(NC(=O)Nc2cc(S(=O)(=O)N3CCCCC3)oc2C)cc1F. The van der Waals surface area contributed by atoms with Crippen LogP contribution in [0.5, 0.6) is 0 Å². The number of nitrogens with zero attached hydrogens (tertiary/aromatic N) is 1. The number of aryl methyl sites for hydroxylation is 2. The molecule has 1 aromatic heterocycles. The molecule has 1 aromatic carbocycles. The number of anilines is 2. The number of benzene rings is 1. The average Bonchev–Trinajstić information content (AvgIpc) is 3.00. The number of rotatable bonds is 4. The molecule has 0 aliphatic carbocycles. The van der Waals surface area contributed by atoms with Crippen LogP contribution in [0, 0.1) is 19.7 Å². The third kappa shape index (κ3) is 4.30. The van der Waals surface area contributed by atoms with Gasteiger partial charge in [0.25, 0.3) is 10.0 Å². The number of hydrogen-bond donors (Lipinski definition) is 2. The van der Waals surface area contributed by atoms with E-state index in [1.807, 2.05) is 0 Å². The Labute approximate surface area is 157 Å². The Hall–Kier alpha value is -2.39. The maximum absolute atomic E-state index is 13.6. The van der Waals surface area contributed by atoms with Gasteiger partial charge in [0.1, 0.15) is 11.6 Å². The average molecular weight is 395 g/mol. The van der Waals surface area contributed by atoms with E-state index in [0.29, 0.717) is 18.7 Å². The summed E-state index contributed by atoms with van der Waals surface area (Å²) in [5.41, 5.74) is 1.01. The van der Waals surface area contributed by atoms with E-state index in [1.165, 1.54) is 16.4 Å². The zero-order chi connectivity index (χ0) is 19.6. The normalized spacial score (nSPS) is 15.5. The van der Waals surface area contributed by atoms with Crippen LogP contribution in [-0.2, 0) is 10.0 Å². The molecule has 2 amide bonds. The number of halogens is 1. The fraction of sp³-hybridized carbons (Fsp3) is 0.389. The molecule has 2 N–H and O–H groups in total. The molecule has 2 heterocycles. The summed E-state index contributed by atoms with van der Waals surface area (Å²) >= 11 is 0. The van der Waals surface area contributed by atoms with Crippen molar-refractivity contribution < 1.29 is 22.0 Å². The third-order valence-corrected chi connectivity index (χ3v) is 6.24. The molecule has 0 saturated carbocycles. The highest BCUT2D eigenvalue weighted by Crippen LogP contribution is 2.28. The quantitative estimate of drug-likeness (QED) is 0.822. The van der Waals surface area contributed by atoms with Crippen LogP contribution in [-0.4, -0.2) is 31.8 Å². The third-order valence-electron chi connectivity index (χ3n) is 4.48. The number of sulfonamides is 1. The summed E-state index contributed by atoms with van der Waals surface area (Å²) in [7, 11) is -3.72. The maximum atomic E-state index is 13.6. The summed E-state index contributed by atoms with van der Waals surface area (Å²) in [5, 5.41) is 4.85. The van der Waals surface area contributed by atoms with E-state index in [4.69, 9.17) is 4.42 Å². The van der Waals surface area contributed by atoms with Gasteiger partial charge in [-0.15, -0.1) is 0 Å². The molecule has 146 valence electrons. The predicted octanol–water partition coefficient (Wildman–Crippen LogP) is 3.85. The fourth-order valence-corrected chi connectivity index (χ4v) is 4.38. The highest BCUT2D eigenvalue weighted by Gasteiger charge is 2.30. The first-order chi connectivity index (χ1) is 12.8. The summed E-state index contributed by atoms with van der Waals surface area (Å²) in [6.07, 6.45) is 2.65. The minimum absolute atomic E-state index is 0.196. The van der Waals surface area contributed by atoms with E-state index >= 15 is 0 Å². The number of nitrogens with one attached hydrogen (secondary N) is 2. The molecule has 9 heteroatoms. The second-order valence-corrected chi connectivity index (χ2v) is 8.41. The van der Waals surface area contributed by atoms with Crippen LogP contribution < -0.4 is 10.6 Å². The molecule has 3 rings (SSSR count). The first-order valence-electron chi connectivity index (χ1n) is 8.72. The number of amides is 2. The highest BCUT2D eigenvalue weighted by molar-refractivity contribution is 7.89. The van der Waals surface area contributed by atoms with Crippen molar-refractivity contribution in [1.82, 2.24) is 4.31 Å². The number of hydrogen-bond acceptors (Lipinski definition) is 4. The molecule has 2 aromatic rings. The number of carbonyl (C=O) groups is 1. The molecule has 0 unspecified atom stereocenters. The molecule has 0 atom stereocenters. The first-order valence-corrected chi connectivity index (χ1v) is 10.2. The van der Waals surface area contributed by atoms with Crippen LogP contribution in [0.2, 0.25) is 0 Å². The largest absolute Gasteiger partial charge is 0.446 e. The zero-order valence-electron chi connectivity index (χ0n) is 15.2. The molecule has 27 heavy (non-hydrogen) atoms. The summed E-state index contributed by atoms with van der Waals surface area (Å²) < 4.78 is 45.7. The smallest absolute Gasteiger partial charge is 0.323 e. The molecule has 1 aliphatic rings. The lowest BCUT2D eigenvalue weighted by Gasteiger charge is -2.24. The summed E-state index contributed by atoms with van der Waals surface area (Å²) in [5.74, 6) is -0.155. The lowest BCUT2D eigenvalue weighted by Crippen LogP contribution is -2.35. The fourth-order valence-electron chi connectivity index (χ4n) is 2.89. The van der Waals surface area contributed by atoms with Crippen molar-refractivity contribution in [3.8, 4) is 0 Å². The number of piperidine rings is 1. The van der Waals surface area contributed by atoms with Gasteiger partial charge in [-0.25, -0.2) is 17.6 Å². The molecule has 0 spiro atoms. The predicted molar refractivity (Wildman–Crippen MR) is 99.8 cm³/mol. The van der Waals surface area contributed by atoms with Crippen LogP contribution in [0.4, 0.5) is 20.6 Å². The van der Waals surface area contributed by atoms with Crippen molar-refractivity contribution in [2.24, 2.45) is 0 Å². The van der Waals surface area contributed by atoms with Crippen molar-refractivity contribution in [3.63, 3.8) is 0 Å². The van der Waals surface area contributed by atoms with E-state index in [9.17, 15) is 17.6 Å². The molecule has 1 aliphatic heterocycles. The lowest BCUT2D eigenvalue weighted by molar-refractivity contribution is 0.262. The second-order valence-electron chi connectivity index (χ2n) is 6.54. The van der Waals surface area contributed by atoms with Gasteiger partial charge in [0.05, 0.1) is 5.69 Å². The van der Waals surface area contributed by atoms with Gasteiger partial charge in [-0.2, -0.15) is 4.31 Å². The van der Waals surface area contributed by atoms with Gasteiger partial charge in [-0.1, -0.05) is 12.5 Å². The van der Waals surface area contributed by atoms with Crippen LogP contribution in [0.25, 0.3) is 0 Å². The van der Waals surface area contributed by atoms with Gasteiger partial charge in [0.2, 0.25) is 5.09 Å². The Morgan fingerprint density at radius 2 is 1.81 bits per heavy atom. The standard InChI is InChI=1S/C18H22FN3O4S/c1-12-6-7-14(10-15(12)19)20-18(23)21-16-11-17(26-13(16)2)27(24,25)22-8-4-3-5-9-22/h6-7,10-11H,3-5,8-9H2,1-2H3,(H2,20,21,23). The molecular formula is C18H22FN3O4S. The van der Waals surface area contributed by atoms with Gasteiger partial charge in [-0.05, 0) is 44.4 Å². The van der Waals surface area contributed by atoms with Gasteiger partial charge >= 0.3 is 6.03 Å². The van der Waals surface area contributed by atoms with Crippen LogP contribution in [0.1, 0.15) is 30.6 Å².